The van der Waals surface area contributed by atoms with Gasteiger partial charge in [0.1, 0.15) is 6.10 Å². The number of ether oxygens (including phenoxy) is 2. The molecular weight excluding hydrogens is 228 g/mol. The van der Waals surface area contributed by atoms with Crippen molar-refractivity contribution in [3.05, 3.63) is 42.0 Å². The van der Waals surface area contributed by atoms with Crippen LogP contribution in [0.3, 0.4) is 0 Å². The largest absolute Gasteiger partial charge is 0.394 e. The van der Waals surface area contributed by atoms with E-state index in [1.54, 1.807) is 0 Å². The molecular formula is C15H20O3. The van der Waals surface area contributed by atoms with Gasteiger partial charge in [0, 0.05) is 0 Å². The number of benzene rings is 1. The molecule has 1 aromatic rings. The van der Waals surface area contributed by atoms with Crippen molar-refractivity contribution in [3.8, 4) is 0 Å². The van der Waals surface area contributed by atoms with Gasteiger partial charge in [0.15, 0.2) is 5.79 Å². The fourth-order valence-corrected chi connectivity index (χ4v) is 2.17. The van der Waals surface area contributed by atoms with Crippen LogP contribution in [0.15, 0.2) is 36.4 Å². The lowest BCUT2D eigenvalue weighted by Crippen LogP contribution is -2.25. The first kappa shape index (κ1) is 13.3. The topological polar surface area (TPSA) is 38.7 Å². The molecule has 0 unspecified atom stereocenters. The van der Waals surface area contributed by atoms with Gasteiger partial charge in [0.25, 0.3) is 0 Å². The monoisotopic (exact) mass is 248 g/mol. The predicted octanol–water partition coefficient (Wildman–Crippen LogP) is 2.60. The minimum Gasteiger partial charge on any atom is -0.394 e. The molecule has 98 valence electrons. The van der Waals surface area contributed by atoms with E-state index in [1.807, 2.05) is 32.0 Å². The SMILES string of the molecule is CC1(C)O[C@@H](C/C=C/c2ccccc2)[C@@H](CO)O1. The van der Waals surface area contributed by atoms with Crippen molar-refractivity contribution >= 4 is 6.08 Å². The highest BCUT2D eigenvalue weighted by Crippen LogP contribution is 2.29. The van der Waals surface area contributed by atoms with Crippen LogP contribution in [-0.4, -0.2) is 29.7 Å². The van der Waals surface area contributed by atoms with Gasteiger partial charge < -0.3 is 14.6 Å². The van der Waals surface area contributed by atoms with E-state index >= 15 is 0 Å². The Kier molecular flexibility index (Phi) is 4.17. The van der Waals surface area contributed by atoms with Crippen molar-refractivity contribution < 1.29 is 14.6 Å². The summed E-state index contributed by atoms with van der Waals surface area (Å²) in [5.41, 5.74) is 1.16. The van der Waals surface area contributed by atoms with Crippen molar-refractivity contribution in [2.24, 2.45) is 0 Å². The van der Waals surface area contributed by atoms with Gasteiger partial charge in [-0.1, -0.05) is 42.5 Å². The van der Waals surface area contributed by atoms with Crippen LogP contribution < -0.4 is 0 Å². The number of rotatable bonds is 4. The summed E-state index contributed by atoms with van der Waals surface area (Å²) in [7, 11) is 0. The van der Waals surface area contributed by atoms with Crippen molar-refractivity contribution in [1.82, 2.24) is 0 Å². The van der Waals surface area contributed by atoms with Gasteiger partial charge in [-0.05, 0) is 25.8 Å². The first-order valence-corrected chi connectivity index (χ1v) is 6.29. The highest BCUT2D eigenvalue weighted by Gasteiger charge is 2.39. The highest BCUT2D eigenvalue weighted by atomic mass is 16.8. The van der Waals surface area contributed by atoms with Crippen LogP contribution in [0, 0.1) is 0 Å². The van der Waals surface area contributed by atoms with Crippen LogP contribution in [0.2, 0.25) is 0 Å². The van der Waals surface area contributed by atoms with Crippen molar-refractivity contribution in [2.75, 3.05) is 6.61 Å². The average Bonchev–Trinajstić information content (AvgIpc) is 2.65. The Balaban J connectivity index is 1.92. The lowest BCUT2D eigenvalue weighted by atomic mass is 10.1. The molecule has 1 aromatic carbocycles. The van der Waals surface area contributed by atoms with Gasteiger partial charge >= 0.3 is 0 Å². The van der Waals surface area contributed by atoms with Crippen LogP contribution in [0.25, 0.3) is 6.08 Å². The van der Waals surface area contributed by atoms with Crippen LogP contribution in [0.1, 0.15) is 25.8 Å². The van der Waals surface area contributed by atoms with Crippen LogP contribution >= 0.6 is 0 Å². The summed E-state index contributed by atoms with van der Waals surface area (Å²) in [6.07, 6.45) is 4.55. The van der Waals surface area contributed by atoms with E-state index in [0.29, 0.717) is 0 Å². The van der Waals surface area contributed by atoms with Crippen molar-refractivity contribution in [1.29, 1.82) is 0 Å². The van der Waals surface area contributed by atoms with Crippen LogP contribution in [0.5, 0.6) is 0 Å². The quantitative estimate of drug-likeness (QED) is 0.890. The number of hydrogen-bond acceptors (Lipinski definition) is 3. The maximum atomic E-state index is 9.26. The predicted molar refractivity (Wildman–Crippen MR) is 71.0 cm³/mol. The first-order chi connectivity index (χ1) is 8.61. The Morgan fingerprint density at radius 2 is 1.83 bits per heavy atom. The second-order valence-corrected chi connectivity index (χ2v) is 4.94. The molecule has 3 heteroatoms. The molecule has 18 heavy (non-hydrogen) atoms. The average molecular weight is 248 g/mol. The Morgan fingerprint density at radius 3 is 2.50 bits per heavy atom. The van der Waals surface area contributed by atoms with E-state index in [2.05, 4.69) is 24.3 Å². The van der Waals surface area contributed by atoms with E-state index in [-0.39, 0.29) is 18.8 Å². The maximum Gasteiger partial charge on any atom is 0.163 e. The van der Waals surface area contributed by atoms with Crippen LogP contribution in [-0.2, 0) is 9.47 Å². The molecule has 0 aliphatic carbocycles. The molecule has 1 heterocycles. The third kappa shape index (κ3) is 3.42. The lowest BCUT2D eigenvalue weighted by Gasteiger charge is -2.16. The fourth-order valence-electron chi connectivity index (χ4n) is 2.17. The number of hydrogen-bond donors (Lipinski definition) is 1. The van der Waals surface area contributed by atoms with Gasteiger partial charge in [0.2, 0.25) is 0 Å². The minimum absolute atomic E-state index is 0.00667. The summed E-state index contributed by atoms with van der Waals surface area (Å²) in [5.74, 6) is -0.599. The highest BCUT2D eigenvalue weighted by molar-refractivity contribution is 5.48. The number of aliphatic hydroxyl groups excluding tert-OH is 1. The zero-order valence-electron chi connectivity index (χ0n) is 10.9. The molecule has 1 N–H and O–H groups in total. The van der Waals surface area contributed by atoms with Gasteiger partial charge in [-0.25, -0.2) is 0 Å². The Labute approximate surface area is 108 Å². The molecule has 0 spiro atoms. The van der Waals surface area contributed by atoms with E-state index in [4.69, 9.17) is 9.47 Å². The Hall–Kier alpha value is -1.16. The van der Waals surface area contributed by atoms with Crippen LogP contribution in [0.4, 0.5) is 0 Å². The molecule has 1 saturated heterocycles. The standard InChI is InChI=1S/C15H20O3/c1-15(2)17-13(14(11-16)18-15)10-6-9-12-7-4-3-5-8-12/h3-9,13-14,16H,10-11H2,1-2H3/b9-6+/t13-,14+/m0/s1. The number of aliphatic hydroxyl groups is 1. The smallest absolute Gasteiger partial charge is 0.163 e. The molecule has 1 aliphatic heterocycles. The van der Waals surface area contributed by atoms with Gasteiger partial charge in [-0.15, -0.1) is 0 Å². The summed E-state index contributed by atoms with van der Waals surface area (Å²) < 4.78 is 11.4. The third-order valence-electron chi connectivity index (χ3n) is 2.94. The zero-order chi connectivity index (χ0) is 13.0. The van der Waals surface area contributed by atoms with E-state index in [0.717, 1.165) is 12.0 Å². The summed E-state index contributed by atoms with van der Waals surface area (Å²) >= 11 is 0. The molecule has 0 radical (unpaired) electrons. The minimum atomic E-state index is -0.599. The molecule has 0 amide bonds. The molecule has 0 saturated carbocycles. The molecule has 0 aromatic heterocycles. The normalized spacial score (nSPS) is 26.8. The molecule has 3 nitrogen and oxygen atoms in total. The maximum absolute atomic E-state index is 9.26. The van der Waals surface area contributed by atoms with Gasteiger partial charge in [-0.3, -0.25) is 0 Å². The lowest BCUT2D eigenvalue weighted by molar-refractivity contribution is -0.148. The molecule has 1 aliphatic rings. The summed E-state index contributed by atoms with van der Waals surface area (Å²) in [6.45, 7) is 3.74. The summed E-state index contributed by atoms with van der Waals surface area (Å²) in [4.78, 5) is 0. The van der Waals surface area contributed by atoms with Crippen molar-refractivity contribution in [2.45, 2.75) is 38.3 Å². The summed E-state index contributed by atoms with van der Waals surface area (Å²) in [6, 6.07) is 10.1. The molecule has 0 bridgehead atoms. The second-order valence-electron chi connectivity index (χ2n) is 4.94. The molecule has 2 atom stereocenters. The third-order valence-corrected chi connectivity index (χ3v) is 2.94. The van der Waals surface area contributed by atoms with Gasteiger partial charge in [0.05, 0.1) is 12.7 Å². The molecule has 1 fully saturated rings. The second kappa shape index (κ2) is 5.65. The van der Waals surface area contributed by atoms with E-state index in [1.165, 1.54) is 0 Å². The van der Waals surface area contributed by atoms with E-state index < -0.39 is 5.79 Å². The first-order valence-electron chi connectivity index (χ1n) is 6.29. The van der Waals surface area contributed by atoms with Gasteiger partial charge in [-0.2, -0.15) is 0 Å². The Bertz CT molecular complexity index is 397. The Morgan fingerprint density at radius 1 is 1.17 bits per heavy atom. The molecule has 2 rings (SSSR count). The fraction of sp³-hybridized carbons (Fsp3) is 0.467. The van der Waals surface area contributed by atoms with E-state index in [9.17, 15) is 5.11 Å². The summed E-state index contributed by atoms with van der Waals surface area (Å²) in [5, 5.41) is 9.26. The van der Waals surface area contributed by atoms with Crippen molar-refractivity contribution in [3.63, 3.8) is 0 Å². The zero-order valence-corrected chi connectivity index (χ0v) is 10.9.